The molecular weight excluding hydrogens is 733 g/mol. The molecule has 0 aliphatic rings. The monoisotopic (exact) mass is 762 g/mol. The molecule has 0 amide bonds. The Morgan fingerprint density at radius 3 is 1.58 bits per heavy atom. The quantitative estimate of drug-likeness (QED) is 0.175. The van der Waals surface area contributed by atoms with Gasteiger partial charge in [0.2, 0.25) is 0 Å². The summed E-state index contributed by atoms with van der Waals surface area (Å²) in [6.45, 7) is 0. The molecule has 0 atom stereocenters. The summed E-state index contributed by atoms with van der Waals surface area (Å²) < 4.78 is 7.53. The molecule has 0 aliphatic heterocycles. The summed E-state index contributed by atoms with van der Waals surface area (Å²) in [7, 11) is 0. The molecule has 0 saturated carbocycles. The number of fused-ring (bicyclic) bond motifs is 9. The molecule has 0 saturated heterocycles. The van der Waals surface area contributed by atoms with Gasteiger partial charge >= 0.3 is 0 Å². The van der Waals surface area contributed by atoms with Gasteiger partial charge in [-0.05, 0) is 65.7 Å². The van der Waals surface area contributed by atoms with Gasteiger partial charge in [0.05, 0.1) is 16.7 Å². The Kier molecular flexibility index (Phi) is 7.24. The summed E-state index contributed by atoms with van der Waals surface area (Å²) in [6, 6.07) is 64.9. The number of aromatic nitrogens is 4. The van der Waals surface area contributed by atoms with E-state index < -0.39 is 0 Å². The van der Waals surface area contributed by atoms with Crippen molar-refractivity contribution in [2.45, 2.75) is 0 Å². The summed E-state index contributed by atoms with van der Waals surface area (Å²) in [5, 5.41) is 7.57. The van der Waals surface area contributed by atoms with Crippen LogP contribution in [0.5, 0.6) is 0 Å². The highest BCUT2D eigenvalue weighted by Crippen LogP contribution is 2.46. The fraction of sp³-hybridized carbons (Fsp3) is 0. The minimum atomic E-state index is 0.663. The smallest absolute Gasteiger partial charge is 0.164 e. The van der Waals surface area contributed by atoms with Crippen molar-refractivity contribution in [3.8, 4) is 51.0 Å². The highest BCUT2D eigenvalue weighted by molar-refractivity contribution is 7.26. The van der Waals surface area contributed by atoms with E-state index in [0.29, 0.717) is 17.5 Å². The van der Waals surface area contributed by atoms with Gasteiger partial charge in [0, 0.05) is 67.8 Å². The van der Waals surface area contributed by atoms with E-state index >= 15 is 0 Å². The Hall–Kier alpha value is -6.99. The summed E-state index contributed by atoms with van der Waals surface area (Å²) in [5.41, 5.74) is 9.01. The summed E-state index contributed by atoms with van der Waals surface area (Å²) in [4.78, 5) is 14.9. The Labute approximate surface area is 335 Å². The first kappa shape index (κ1) is 32.3. The topological polar surface area (TPSA) is 43.6 Å². The average molecular weight is 763 g/mol. The zero-order valence-corrected chi connectivity index (χ0v) is 32.1. The van der Waals surface area contributed by atoms with Gasteiger partial charge in [0.15, 0.2) is 17.5 Å². The molecule has 57 heavy (non-hydrogen) atoms. The van der Waals surface area contributed by atoms with Crippen LogP contribution < -0.4 is 0 Å². The zero-order valence-electron chi connectivity index (χ0n) is 30.4. The molecule has 0 N–H and O–H groups in total. The average Bonchev–Trinajstić information content (AvgIpc) is 3.96. The Balaban J connectivity index is 1.02. The molecular formula is C51H30N4S2. The molecule has 0 radical (unpaired) electrons. The minimum Gasteiger partial charge on any atom is -0.309 e. The standard InChI is InChI=1S/C51H30N4S2/c1-3-13-31(14-4-1)49-52-50(32-15-5-2-6-16-32)54-51(53-49)34-26-28-43-39(29-34)38-27-25-33(30-46(38)56-43)35-19-11-23-44-47(35)48-42(22-12-24-45(48)57-44)55-40-20-9-7-17-36(40)37-18-8-10-21-41(37)55/h1-30H. The van der Waals surface area contributed by atoms with Gasteiger partial charge in [0.1, 0.15) is 0 Å². The van der Waals surface area contributed by atoms with E-state index in [1.807, 2.05) is 83.3 Å². The molecule has 12 rings (SSSR count). The van der Waals surface area contributed by atoms with Crippen molar-refractivity contribution in [2.24, 2.45) is 0 Å². The van der Waals surface area contributed by atoms with Crippen LogP contribution in [-0.2, 0) is 0 Å². The first-order chi connectivity index (χ1) is 28.2. The van der Waals surface area contributed by atoms with Crippen LogP contribution in [0.2, 0.25) is 0 Å². The van der Waals surface area contributed by atoms with E-state index in [2.05, 4.69) is 126 Å². The summed E-state index contributed by atoms with van der Waals surface area (Å²) in [5.74, 6) is 1.99. The first-order valence-electron chi connectivity index (χ1n) is 19.0. The van der Waals surface area contributed by atoms with E-state index in [-0.39, 0.29) is 0 Å². The van der Waals surface area contributed by atoms with Gasteiger partial charge in [-0.15, -0.1) is 22.7 Å². The summed E-state index contributed by atoms with van der Waals surface area (Å²) >= 11 is 3.71. The maximum Gasteiger partial charge on any atom is 0.164 e. The third-order valence-electron chi connectivity index (χ3n) is 11.1. The van der Waals surface area contributed by atoms with Crippen LogP contribution in [0, 0.1) is 0 Å². The number of para-hydroxylation sites is 2. The van der Waals surface area contributed by atoms with Crippen LogP contribution >= 0.6 is 22.7 Å². The van der Waals surface area contributed by atoms with E-state index in [0.717, 1.165) is 16.7 Å². The van der Waals surface area contributed by atoms with E-state index in [4.69, 9.17) is 15.0 Å². The second-order valence-electron chi connectivity index (χ2n) is 14.4. The van der Waals surface area contributed by atoms with Crippen molar-refractivity contribution in [3.05, 3.63) is 182 Å². The van der Waals surface area contributed by atoms with Crippen molar-refractivity contribution in [3.63, 3.8) is 0 Å². The van der Waals surface area contributed by atoms with Gasteiger partial charge in [-0.25, -0.2) is 15.0 Å². The fourth-order valence-electron chi connectivity index (χ4n) is 8.48. The van der Waals surface area contributed by atoms with Gasteiger partial charge in [-0.1, -0.05) is 127 Å². The lowest BCUT2D eigenvalue weighted by atomic mass is 9.97. The molecule has 0 unspecified atom stereocenters. The second kappa shape index (κ2) is 12.8. The van der Waals surface area contributed by atoms with E-state index in [9.17, 15) is 0 Å². The number of hydrogen-bond acceptors (Lipinski definition) is 5. The number of thiophene rings is 2. The van der Waals surface area contributed by atoms with Crippen molar-refractivity contribution in [1.82, 2.24) is 19.5 Å². The van der Waals surface area contributed by atoms with Gasteiger partial charge in [0.25, 0.3) is 0 Å². The lowest BCUT2D eigenvalue weighted by molar-refractivity contribution is 1.07. The Bertz CT molecular complexity index is 3410. The number of benzene rings is 8. The molecule has 12 aromatic rings. The highest BCUT2D eigenvalue weighted by Gasteiger charge is 2.20. The molecule has 0 aliphatic carbocycles. The molecule has 6 heteroatoms. The van der Waals surface area contributed by atoms with E-state index in [1.54, 1.807) is 0 Å². The first-order valence-corrected chi connectivity index (χ1v) is 20.7. The van der Waals surface area contributed by atoms with Crippen molar-refractivity contribution in [2.75, 3.05) is 0 Å². The number of hydrogen-bond donors (Lipinski definition) is 0. The van der Waals surface area contributed by atoms with Crippen molar-refractivity contribution in [1.29, 1.82) is 0 Å². The fourth-order valence-corrected chi connectivity index (χ4v) is 10.8. The zero-order chi connectivity index (χ0) is 37.5. The number of rotatable bonds is 5. The lowest BCUT2D eigenvalue weighted by Crippen LogP contribution is -2.00. The van der Waals surface area contributed by atoms with Gasteiger partial charge in [-0.2, -0.15) is 0 Å². The van der Waals surface area contributed by atoms with Crippen molar-refractivity contribution < 1.29 is 0 Å². The van der Waals surface area contributed by atoms with Crippen LogP contribution in [0.4, 0.5) is 0 Å². The predicted octanol–water partition coefficient (Wildman–Crippen LogP) is 14.4. The minimum absolute atomic E-state index is 0.663. The molecule has 0 fully saturated rings. The Morgan fingerprint density at radius 2 is 0.895 bits per heavy atom. The predicted molar refractivity (Wildman–Crippen MR) is 242 cm³/mol. The normalized spacial score (nSPS) is 11.9. The van der Waals surface area contributed by atoms with Crippen LogP contribution in [0.3, 0.4) is 0 Å². The number of nitrogens with zero attached hydrogens (tertiary/aromatic N) is 4. The van der Waals surface area contributed by atoms with E-state index in [1.165, 1.54) is 79.0 Å². The van der Waals surface area contributed by atoms with Crippen LogP contribution in [-0.4, -0.2) is 19.5 Å². The third kappa shape index (κ3) is 5.15. The maximum absolute atomic E-state index is 5.01. The maximum atomic E-state index is 5.01. The Morgan fingerprint density at radius 1 is 0.333 bits per heavy atom. The molecule has 4 aromatic heterocycles. The molecule has 0 spiro atoms. The molecule has 8 aromatic carbocycles. The van der Waals surface area contributed by atoms with Crippen LogP contribution in [0.15, 0.2) is 182 Å². The molecule has 4 heterocycles. The second-order valence-corrected chi connectivity index (χ2v) is 16.5. The van der Waals surface area contributed by atoms with Crippen LogP contribution in [0.1, 0.15) is 0 Å². The van der Waals surface area contributed by atoms with Gasteiger partial charge in [-0.3, -0.25) is 0 Å². The summed E-state index contributed by atoms with van der Waals surface area (Å²) in [6.07, 6.45) is 0. The third-order valence-corrected chi connectivity index (χ3v) is 13.3. The van der Waals surface area contributed by atoms with Gasteiger partial charge < -0.3 is 4.57 Å². The lowest BCUT2D eigenvalue weighted by Gasteiger charge is -2.12. The SMILES string of the molecule is c1ccc(-c2nc(-c3ccccc3)nc(-c3ccc4sc5cc(-c6cccc7sc8cccc(-n9c%10ccccc%10c%10ccccc%109)c8c67)ccc5c4c3)n2)cc1. The van der Waals surface area contributed by atoms with Crippen molar-refractivity contribution >= 4 is 84.8 Å². The molecule has 4 nitrogen and oxygen atoms in total. The molecule has 0 bridgehead atoms. The molecule has 266 valence electrons. The van der Waals surface area contributed by atoms with Crippen LogP contribution in [0.25, 0.3) is 113 Å². The highest BCUT2D eigenvalue weighted by atomic mass is 32.1. The largest absolute Gasteiger partial charge is 0.309 e.